The topological polar surface area (TPSA) is 65.2 Å². The molecule has 0 spiro atoms. The summed E-state index contributed by atoms with van der Waals surface area (Å²) in [5.74, 6) is -0.243. The Morgan fingerprint density at radius 1 is 1.45 bits per heavy atom. The van der Waals surface area contributed by atoms with Gasteiger partial charge >= 0.3 is 0 Å². The first-order chi connectivity index (χ1) is 9.54. The Hall–Kier alpha value is -1.79. The molecule has 4 N–H and O–H groups in total. The van der Waals surface area contributed by atoms with Crippen molar-refractivity contribution in [3.63, 3.8) is 0 Å². The minimum Gasteiger partial charge on any atom is -0.376 e. The molecule has 0 aliphatic rings. The number of hydrazine groups is 1. The van der Waals surface area contributed by atoms with Gasteiger partial charge in [0.2, 0.25) is 0 Å². The van der Waals surface area contributed by atoms with Crippen molar-refractivity contribution in [3.8, 4) is 0 Å². The number of anilines is 1. The Balaban J connectivity index is 2.34. The van der Waals surface area contributed by atoms with E-state index < -0.39 is 0 Å². The Bertz CT molecular complexity index is 507. The van der Waals surface area contributed by atoms with Crippen LogP contribution in [0.2, 0.25) is 5.02 Å². The molecule has 0 radical (unpaired) electrons. The molecule has 1 amide bonds. The highest BCUT2D eigenvalue weighted by atomic mass is 35.5. The highest BCUT2D eigenvalue weighted by Gasteiger charge is 2.05. The average molecular weight is 313 g/mol. The summed E-state index contributed by atoms with van der Waals surface area (Å²) < 4.78 is 0. The summed E-state index contributed by atoms with van der Waals surface area (Å²) in [6, 6.07) is 5.48. The van der Waals surface area contributed by atoms with Crippen molar-refractivity contribution in [2.45, 2.75) is 6.92 Å². The van der Waals surface area contributed by atoms with Crippen LogP contribution in [-0.2, 0) is 4.79 Å². The molecule has 5 nitrogen and oxygen atoms in total. The van der Waals surface area contributed by atoms with Gasteiger partial charge in [0.15, 0.2) is 5.11 Å². The van der Waals surface area contributed by atoms with Gasteiger partial charge in [-0.25, -0.2) is 0 Å². The molecule has 1 aromatic carbocycles. The fourth-order valence-corrected chi connectivity index (χ4v) is 1.66. The molecule has 1 aromatic rings. The number of halogens is 1. The lowest BCUT2D eigenvalue weighted by Gasteiger charge is -2.12. The quantitative estimate of drug-likeness (QED) is 0.379. The van der Waals surface area contributed by atoms with Crippen molar-refractivity contribution in [2.75, 3.05) is 18.4 Å². The molecular formula is C13H17ClN4OS. The third kappa shape index (κ3) is 5.46. The van der Waals surface area contributed by atoms with Gasteiger partial charge in [-0.15, -0.1) is 6.58 Å². The van der Waals surface area contributed by atoms with Crippen molar-refractivity contribution in [3.05, 3.63) is 41.4 Å². The molecule has 1 rings (SSSR count). The van der Waals surface area contributed by atoms with Crippen LogP contribution in [0.5, 0.6) is 0 Å². The van der Waals surface area contributed by atoms with Crippen molar-refractivity contribution in [1.82, 2.24) is 16.2 Å². The van der Waals surface area contributed by atoms with Crippen LogP contribution >= 0.6 is 23.8 Å². The van der Waals surface area contributed by atoms with Gasteiger partial charge in [-0.2, -0.15) is 0 Å². The summed E-state index contributed by atoms with van der Waals surface area (Å²) in [5, 5.41) is 6.82. The summed E-state index contributed by atoms with van der Waals surface area (Å²) in [6.07, 6.45) is 1.67. The van der Waals surface area contributed by atoms with Gasteiger partial charge in [0.1, 0.15) is 0 Å². The van der Waals surface area contributed by atoms with Gasteiger partial charge in [0.25, 0.3) is 5.91 Å². The number of carbonyl (C=O) groups is 1. The number of nitrogens with one attached hydrogen (secondary N) is 4. The fraction of sp³-hybridized carbons (Fsp3) is 0.231. The van der Waals surface area contributed by atoms with E-state index in [1.807, 2.05) is 19.1 Å². The van der Waals surface area contributed by atoms with E-state index in [0.717, 1.165) is 11.3 Å². The highest BCUT2D eigenvalue weighted by molar-refractivity contribution is 7.80. The van der Waals surface area contributed by atoms with Crippen LogP contribution in [0.25, 0.3) is 0 Å². The highest BCUT2D eigenvalue weighted by Crippen LogP contribution is 2.22. The Morgan fingerprint density at radius 2 is 2.20 bits per heavy atom. The smallest absolute Gasteiger partial charge is 0.257 e. The molecule has 0 unspecified atom stereocenters. The van der Waals surface area contributed by atoms with Crippen LogP contribution in [0.1, 0.15) is 5.56 Å². The molecule has 0 aromatic heterocycles. The molecule has 0 fully saturated rings. The summed E-state index contributed by atoms with van der Waals surface area (Å²) in [4.78, 5) is 11.6. The number of thiocarbonyl (C=S) groups is 1. The monoisotopic (exact) mass is 312 g/mol. The van der Waals surface area contributed by atoms with E-state index >= 15 is 0 Å². The minimum absolute atomic E-state index is 0.109. The van der Waals surface area contributed by atoms with Gasteiger partial charge in [-0.1, -0.05) is 23.7 Å². The second kappa shape index (κ2) is 8.39. The number of carbonyl (C=O) groups excluding carboxylic acids is 1. The predicted octanol–water partition coefficient (Wildman–Crippen LogP) is 1.74. The molecule has 0 aliphatic heterocycles. The third-order valence-electron chi connectivity index (χ3n) is 2.43. The lowest BCUT2D eigenvalue weighted by atomic mass is 10.2. The summed E-state index contributed by atoms with van der Waals surface area (Å²) in [5.41, 5.74) is 6.78. The summed E-state index contributed by atoms with van der Waals surface area (Å²) in [7, 11) is 0. The van der Waals surface area contributed by atoms with Gasteiger partial charge in [0.05, 0.1) is 6.54 Å². The molecular weight excluding hydrogens is 296 g/mol. The fourth-order valence-electron chi connectivity index (χ4n) is 1.35. The number of hydrogen-bond donors (Lipinski definition) is 4. The average Bonchev–Trinajstić information content (AvgIpc) is 2.44. The first kappa shape index (κ1) is 16.3. The zero-order valence-corrected chi connectivity index (χ0v) is 12.7. The van der Waals surface area contributed by atoms with Crippen molar-refractivity contribution in [2.24, 2.45) is 0 Å². The molecule has 108 valence electrons. The first-order valence-corrected chi connectivity index (χ1v) is 6.75. The second-order valence-electron chi connectivity index (χ2n) is 3.94. The predicted molar refractivity (Wildman–Crippen MR) is 86.8 cm³/mol. The zero-order chi connectivity index (χ0) is 15.0. The van der Waals surface area contributed by atoms with E-state index in [9.17, 15) is 4.79 Å². The Morgan fingerprint density at radius 3 is 2.90 bits per heavy atom. The van der Waals surface area contributed by atoms with Crippen LogP contribution < -0.4 is 21.5 Å². The van der Waals surface area contributed by atoms with Crippen LogP contribution in [0.4, 0.5) is 5.69 Å². The maximum absolute atomic E-state index is 11.6. The number of hydrogen-bond acceptors (Lipinski definition) is 3. The largest absolute Gasteiger partial charge is 0.376 e. The van der Waals surface area contributed by atoms with E-state index in [1.165, 1.54) is 0 Å². The van der Waals surface area contributed by atoms with Crippen LogP contribution in [0.15, 0.2) is 30.9 Å². The molecule has 0 aliphatic carbocycles. The maximum atomic E-state index is 11.6. The van der Waals surface area contributed by atoms with E-state index in [-0.39, 0.29) is 12.5 Å². The van der Waals surface area contributed by atoms with Gasteiger partial charge in [0, 0.05) is 17.3 Å². The molecule has 7 heteroatoms. The molecule has 0 heterocycles. The van der Waals surface area contributed by atoms with Crippen LogP contribution in [0.3, 0.4) is 0 Å². The number of rotatable bonds is 5. The zero-order valence-electron chi connectivity index (χ0n) is 11.1. The second-order valence-corrected chi connectivity index (χ2v) is 4.75. The van der Waals surface area contributed by atoms with E-state index in [4.69, 9.17) is 23.8 Å². The van der Waals surface area contributed by atoms with Crippen LogP contribution in [-0.4, -0.2) is 24.1 Å². The van der Waals surface area contributed by atoms with E-state index in [0.29, 0.717) is 16.7 Å². The third-order valence-corrected chi connectivity index (χ3v) is 3.09. The SMILES string of the molecule is C=CCNC(=S)NNC(=O)CNc1cccc(Cl)c1C. The lowest BCUT2D eigenvalue weighted by molar-refractivity contribution is -0.119. The van der Waals surface area contributed by atoms with Crippen molar-refractivity contribution < 1.29 is 4.79 Å². The number of amides is 1. The Kier molecular flexibility index (Phi) is 6.83. The van der Waals surface area contributed by atoms with Gasteiger partial charge < -0.3 is 10.6 Å². The molecule has 0 saturated carbocycles. The summed E-state index contributed by atoms with van der Waals surface area (Å²) >= 11 is 10.9. The maximum Gasteiger partial charge on any atom is 0.257 e. The first-order valence-electron chi connectivity index (χ1n) is 5.97. The molecule has 0 saturated heterocycles. The molecule has 0 bridgehead atoms. The minimum atomic E-state index is -0.243. The molecule has 20 heavy (non-hydrogen) atoms. The van der Waals surface area contributed by atoms with Crippen molar-refractivity contribution in [1.29, 1.82) is 0 Å². The lowest BCUT2D eigenvalue weighted by Crippen LogP contribution is -2.48. The molecule has 0 atom stereocenters. The van der Waals surface area contributed by atoms with E-state index in [2.05, 4.69) is 28.1 Å². The standard InChI is InChI=1S/C13H17ClN4OS/c1-3-7-15-13(20)18-17-12(19)8-16-11-6-4-5-10(14)9(11)2/h3-6,16H,1,7-8H2,2H3,(H,17,19)(H2,15,18,20). The van der Waals surface area contributed by atoms with Crippen LogP contribution in [0, 0.1) is 6.92 Å². The van der Waals surface area contributed by atoms with Gasteiger partial charge in [-0.3, -0.25) is 15.6 Å². The van der Waals surface area contributed by atoms with Gasteiger partial charge in [-0.05, 0) is 36.8 Å². The van der Waals surface area contributed by atoms with Crippen molar-refractivity contribution >= 4 is 40.5 Å². The summed E-state index contributed by atoms with van der Waals surface area (Å²) in [6.45, 7) is 6.07. The normalized spacial score (nSPS) is 9.50. The number of benzene rings is 1. The Labute approximate surface area is 128 Å². The van der Waals surface area contributed by atoms with E-state index in [1.54, 1.807) is 12.1 Å².